The van der Waals surface area contributed by atoms with Crippen molar-refractivity contribution in [3.63, 3.8) is 0 Å². The Bertz CT molecular complexity index is 464. The third kappa shape index (κ3) is 2.41. The summed E-state index contributed by atoms with van der Waals surface area (Å²) in [6.07, 6.45) is 8.86. The molecule has 1 nitrogen and oxygen atoms in total. The lowest BCUT2D eigenvalue weighted by molar-refractivity contribution is -0.117. The highest BCUT2D eigenvalue weighted by atomic mass is 16.1. The highest BCUT2D eigenvalue weighted by Crippen LogP contribution is 2.72. The maximum absolute atomic E-state index is 11.3. The number of rotatable bonds is 4. The quantitative estimate of drug-likeness (QED) is 0.633. The van der Waals surface area contributed by atoms with Gasteiger partial charge < -0.3 is 4.79 Å². The number of ketones is 1. The second-order valence-corrected chi connectivity index (χ2v) is 8.95. The summed E-state index contributed by atoms with van der Waals surface area (Å²) in [4.78, 5) is 11.3. The molecule has 0 aliphatic heterocycles. The predicted molar refractivity (Wildman–Crippen MR) is 88.0 cm³/mol. The molecule has 3 aliphatic carbocycles. The largest absolute Gasteiger partial charge is 0.300 e. The molecule has 0 aromatic heterocycles. The average molecular weight is 288 g/mol. The van der Waals surface area contributed by atoms with Crippen molar-refractivity contribution in [1.82, 2.24) is 0 Å². The molecule has 0 heterocycles. The Morgan fingerprint density at radius 2 is 1.86 bits per heavy atom. The molecule has 3 fully saturated rings. The van der Waals surface area contributed by atoms with E-state index in [0.717, 1.165) is 36.5 Å². The van der Waals surface area contributed by atoms with Gasteiger partial charge in [0.25, 0.3) is 0 Å². The smallest absolute Gasteiger partial charge is 0.129 e. The molecule has 118 valence electrons. The molecule has 0 saturated heterocycles. The second-order valence-electron chi connectivity index (χ2n) is 8.95. The molecule has 21 heavy (non-hydrogen) atoms. The van der Waals surface area contributed by atoms with Crippen molar-refractivity contribution in [3.8, 4) is 0 Å². The molecule has 0 bridgehead atoms. The first-order valence-electron chi connectivity index (χ1n) is 8.93. The van der Waals surface area contributed by atoms with Crippen molar-refractivity contribution in [2.75, 3.05) is 0 Å². The predicted octanol–water partition coefficient (Wildman–Crippen LogP) is 5.40. The van der Waals surface area contributed by atoms with Gasteiger partial charge in [-0.25, -0.2) is 0 Å². The van der Waals surface area contributed by atoms with Gasteiger partial charge in [-0.05, 0) is 86.9 Å². The summed E-state index contributed by atoms with van der Waals surface area (Å²) in [6, 6.07) is 0. The molecule has 0 amide bonds. The lowest BCUT2D eigenvalue weighted by Gasteiger charge is -2.34. The van der Waals surface area contributed by atoms with E-state index in [0.29, 0.717) is 16.6 Å². The fraction of sp³-hybridized carbons (Fsp3) is 0.850. The van der Waals surface area contributed by atoms with E-state index in [4.69, 9.17) is 0 Å². The monoisotopic (exact) mass is 288 g/mol. The van der Waals surface area contributed by atoms with E-state index in [1.165, 1.54) is 37.7 Å². The Kier molecular flexibility index (Phi) is 3.62. The molecule has 0 unspecified atom stereocenters. The summed E-state index contributed by atoms with van der Waals surface area (Å²) in [5.41, 5.74) is 2.50. The zero-order chi connectivity index (χ0) is 15.4. The molecule has 0 N–H and O–H groups in total. The third-order valence-electron chi connectivity index (χ3n) is 7.60. The van der Waals surface area contributed by atoms with Gasteiger partial charge in [0, 0.05) is 6.42 Å². The Labute approximate surface area is 130 Å². The lowest BCUT2D eigenvalue weighted by atomic mass is 9.71. The number of carbonyl (C=O) groups is 1. The third-order valence-corrected chi connectivity index (χ3v) is 7.60. The maximum Gasteiger partial charge on any atom is 0.129 e. The first kappa shape index (κ1) is 15.3. The summed E-state index contributed by atoms with van der Waals surface area (Å²) >= 11 is 0. The number of hydrogen-bond donors (Lipinski definition) is 0. The molecule has 0 radical (unpaired) electrons. The number of hydrogen-bond acceptors (Lipinski definition) is 1. The Morgan fingerprint density at radius 3 is 2.48 bits per heavy atom. The van der Waals surface area contributed by atoms with Crippen LogP contribution in [0.2, 0.25) is 0 Å². The van der Waals surface area contributed by atoms with Crippen molar-refractivity contribution in [1.29, 1.82) is 0 Å². The molecule has 6 atom stereocenters. The number of fused-ring (bicyclic) bond motifs is 2. The minimum Gasteiger partial charge on any atom is -0.300 e. The van der Waals surface area contributed by atoms with Crippen molar-refractivity contribution >= 4 is 5.78 Å². The van der Waals surface area contributed by atoms with Crippen LogP contribution in [0.15, 0.2) is 12.2 Å². The summed E-state index contributed by atoms with van der Waals surface area (Å²) in [7, 11) is 0. The number of Topliss-reactive ketones (excluding diaryl/α,β-unsaturated/α-hetero) is 1. The van der Waals surface area contributed by atoms with Gasteiger partial charge >= 0.3 is 0 Å². The zero-order valence-electron chi connectivity index (χ0n) is 14.4. The van der Waals surface area contributed by atoms with E-state index in [9.17, 15) is 4.79 Å². The summed E-state index contributed by atoms with van der Waals surface area (Å²) < 4.78 is 0. The Balaban J connectivity index is 1.72. The van der Waals surface area contributed by atoms with Crippen LogP contribution >= 0.6 is 0 Å². The van der Waals surface area contributed by atoms with Crippen molar-refractivity contribution in [2.45, 2.75) is 72.6 Å². The molecule has 0 spiro atoms. The highest BCUT2D eigenvalue weighted by Gasteiger charge is 2.64. The van der Waals surface area contributed by atoms with Crippen molar-refractivity contribution in [3.05, 3.63) is 12.2 Å². The first-order valence-corrected chi connectivity index (χ1v) is 8.93. The van der Waals surface area contributed by atoms with Gasteiger partial charge in [-0.2, -0.15) is 0 Å². The van der Waals surface area contributed by atoms with Crippen molar-refractivity contribution < 1.29 is 4.79 Å². The van der Waals surface area contributed by atoms with E-state index in [1.54, 1.807) is 6.92 Å². The minimum absolute atomic E-state index is 0.368. The van der Waals surface area contributed by atoms with Crippen LogP contribution in [0.25, 0.3) is 0 Å². The zero-order valence-corrected chi connectivity index (χ0v) is 14.4. The molecule has 0 aromatic rings. The van der Waals surface area contributed by atoms with Crippen LogP contribution in [0.4, 0.5) is 0 Å². The van der Waals surface area contributed by atoms with Crippen LogP contribution in [0, 0.1) is 34.5 Å². The molecule has 0 aromatic carbocycles. The van der Waals surface area contributed by atoms with Crippen molar-refractivity contribution in [2.24, 2.45) is 34.5 Å². The fourth-order valence-corrected chi connectivity index (χ4v) is 6.12. The molecular formula is C20H32O. The van der Waals surface area contributed by atoms with Gasteiger partial charge in [-0.1, -0.05) is 26.0 Å². The molecule has 3 rings (SSSR count). The van der Waals surface area contributed by atoms with Gasteiger partial charge in [-0.3, -0.25) is 0 Å². The van der Waals surface area contributed by atoms with E-state index >= 15 is 0 Å². The van der Waals surface area contributed by atoms with Crippen LogP contribution in [0.3, 0.4) is 0 Å². The van der Waals surface area contributed by atoms with Crippen LogP contribution in [-0.2, 0) is 4.79 Å². The number of carbonyl (C=O) groups excluding carboxylic acids is 1. The Morgan fingerprint density at radius 1 is 1.14 bits per heavy atom. The first-order chi connectivity index (χ1) is 9.78. The average Bonchev–Trinajstić information content (AvgIpc) is 2.80. The fourth-order valence-electron chi connectivity index (χ4n) is 6.12. The highest BCUT2D eigenvalue weighted by molar-refractivity contribution is 5.75. The topological polar surface area (TPSA) is 17.1 Å². The number of allylic oxidation sites excluding steroid dienone is 1. The van der Waals surface area contributed by atoms with Gasteiger partial charge in [0.2, 0.25) is 0 Å². The standard InChI is InChI=1S/C20H32O/c1-13(2)15-8-10-19(4)12-18-17(7-6-14(3)21)20(18,5)11-9-16(15)19/h15-18H,1,6-12H2,2-5H3/t15-,16+,17+,18-,19-,20-/m1/s1. The normalized spacial score (nSPS) is 48.2. The van der Waals surface area contributed by atoms with Gasteiger partial charge in [-0.15, -0.1) is 0 Å². The van der Waals surface area contributed by atoms with E-state index in [2.05, 4.69) is 27.4 Å². The van der Waals surface area contributed by atoms with Crippen LogP contribution in [-0.4, -0.2) is 5.78 Å². The molecular weight excluding hydrogens is 256 g/mol. The molecule has 3 aliphatic rings. The SMILES string of the molecule is C=C(C)[C@H]1CC[C@]2(C)C[C@@H]3[C@H](CCC(C)=O)[C@@]3(C)CC[C@@H]12. The van der Waals surface area contributed by atoms with E-state index < -0.39 is 0 Å². The van der Waals surface area contributed by atoms with Gasteiger partial charge in [0.15, 0.2) is 0 Å². The minimum atomic E-state index is 0.368. The van der Waals surface area contributed by atoms with E-state index in [-0.39, 0.29) is 0 Å². The molecule has 3 saturated carbocycles. The Hall–Kier alpha value is -0.590. The van der Waals surface area contributed by atoms with Crippen LogP contribution in [0.1, 0.15) is 72.6 Å². The van der Waals surface area contributed by atoms with E-state index in [1.807, 2.05) is 0 Å². The van der Waals surface area contributed by atoms with Crippen LogP contribution < -0.4 is 0 Å². The lowest BCUT2D eigenvalue weighted by Crippen LogP contribution is -2.26. The second kappa shape index (κ2) is 4.96. The summed E-state index contributed by atoms with van der Waals surface area (Å²) in [5, 5.41) is 0. The summed E-state index contributed by atoms with van der Waals surface area (Å²) in [5.74, 6) is 3.71. The van der Waals surface area contributed by atoms with Crippen LogP contribution in [0.5, 0.6) is 0 Å². The van der Waals surface area contributed by atoms with Gasteiger partial charge in [0.1, 0.15) is 5.78 Å². The summed E-state index contributed by atoms with van der Waals surface area (Å²) in [6.45, 7) is 13.3. The molecule has 1 heteroatoms. The maximum atomic E-state index is 11.3. The van der Waals surface area contributed by atoms with Gasteiger partial charge in [0.05, 0.1) is 0 Å².